The van der Waals surface area contributed by atoms with Gasteiger partial charge >= 0.3 is 0 Å². The van der Waals surface area contributed by atoms with Gasteiger partial charge in [-0.15, -0.1) is 0 Å². The van der Waals surface area contributed by atoms with Crippen LogP contribution in [0.4, 0.5) is 0 Å². The van der Waals surface area contributed by atoms with E-state index >= 15 is 0 Å². The van der Waals surface area contributed by atoms with Gasteiger partial charge in [0.25, 0.3) is 0 Å². The lowest BCUT2D eigenvalue weighted by Gasteiger charge is -2.57. The summed E-state index contributed by atoms with van der Waals surface area (Å²) < 4.78 is 5.89. The SMILES string of the molecule is COC(C)(C(C)(C)C)C(C)(C)C(C)(C)C. The zero-order valence-electron chi connectivity index (χ0n) is 12.4. The van der Waals surface area contributed by atoms with Gasteiger partial charge in [-0.2, -0.15) is 0 Å². The first kappa shape index (κ1) is 15.0. The quantitative estimate of drug-likeness (QED) is 0.657. The van der Waals surface area contributed by atoms with Crippen molar-refractivity contribution in [2.45, 2.75) is 67.9 Å². The van der Waals surface area contributed by atoms with E-state index in [0.717, 1.165) is 0 Å². The average Bonchev–Trinajstić information content (AvgIpc) is 1.98. The molecule has 0 aliphatic heterocycles. The van der Waals surface area contributed by atoms with Crippen LogP contribution in [-0.4, -0.2) is 12.7 Å². The van der Waals surface area contributed by atoms with Crippen LogP contribution in [0.1, 0.15) is 62.3 Å². The summed E-state index contributed by atoms with van der Waals surface area (Å²) in [4.78, 5) is 0. The largest absolute Gasteiger partial charge is 0.377 e. The summed E-state index contributed by atoms with van der Waals surface area (Å²) in [5.74, 6) is 0. The Labute approximate surface area is 96.6 Å². The summed E-state index contributed by atoms with van der Waals surface area (Å²) in [6, 6.07) is 0. The van der Waals surface area contributed by atoms with Gasteiger partial charge in [0.05, 0.1) is 5.60 Å². The van der Waals surface area contributed by atoms with E-state index in [0.29, 0.717) is 0 Å². The highest BCUT2D eigenvalue weighted by Gasteiger charge is 2.54. The molecule has 15 heavy (non-hydrogen) atoms. The molecule has 1 heteroatoms. The van der Waals surface area contributed by atoms with Crippen molar-refractivity contribution in [1.82, 2.24) is 0 Å². The molecule has 0 rings (SSSR count). The standard InChI is InChI=1S/C14H30O/c1-11(2,3)13(7,8)14(9,15-10)12(4,5)6/h1-10H3. The smallest absolute Gasteiger partial charge is 0.0754 e. The lowest BCUT2D eigenvalue weighted by molar-refractivity contribution is -0.189. The Bertz CT molecular complexity index is 214. The van der Waals surface area contributed by atoms with Gasteiger partial charge in [0.15, 0.2) is 0 Å². The third-order valence-corrected chi connectivity index (χ3v) is 4.91. The molecule has 0 aromatic carbocycles. The summed E-state index contributed by atoms with van der Waals surface area (Å²) in [6.45, 7) is 20.5. The molecule has 1 unspecified atom stereocenters. The van der Waals surface area contributed by atoms with Gasteiger partial charge in [0.1, 0.15) is 0 Å². The minimum Gasteiger partial charge on any atom is -0.377 e. The molecule has 0 saturated heterocycles. The van der Waals surface area contributed by atoms with Gasteiger partial charge in [0, 0.05) is 7.11 Å². The fraction of sp³-hybridized carbons (Fsp3) is 1.00. The Morgan fingerprint density at radius 2 is 0.933 bits per heavy atom. The molecule has 0 bridgehead atoms. The lowest BCUT2D eigenvalue weighted by Crippen LogP contribution is -2.58. The Kier molecular flexibility index (Phi) is 3.75. The average molecular weight is 214 g/mol. The second kappa shape index (κ2) is 3.76. The monoisotopic (exact) mass is 214 g/mol. The summed E-state index contributed by atoms with van der Waals surface area (Å²) in [7, 11) is 1.83. The Balaban J connectivity index is 5.50. The fourth-order valence-electron chi connectivity index (χ4n) is 2.21. The van der Waals surface area contributed by atoms with Crippen LogP contribution in [0.3, 0.4) is 0 Å². The van der Waals surface area contributed by atoms with Gasteiger partial charge in [-0.05, 0) is 23.2 Å². The number of hydrogen-bond donors (Lipinski definition) is 0. The van der Waals surface area contributed by atoms with Gasteiger partial charge in [-0.1, -0.05) is 55.4 Å². The summed E-state index contributed by atoms with van der Waals surface area (Å²) in [6.07, 6.45) is 0. The van der Waals surface area contributed by atoms with Crippen molar-refractivity contribution in [3.05, 3.63) is 0 Å². The molecule has 0 fully saturated rings. The lowest BCUT2D eigenvalue weighted by atomic mass is 9.53. The zero-order valence-corrected chi connectivity index (χ0v) is 12.4. The van der Waals surface area contributed by atoms with E-state index in [9.17, 15) is 0 Å². The van der Waals surface area contributed by atoms with Crippen molar-refractivity contribution >= 4 is 0 Å². The summed E-state index contributed by atoms with van der Waals surface area (Å²) >= 11 is 0. The highest BCUT2D eigenvalue weighted by atomic mass is 16.5. The second-order valence-corrected chi connectivity index (χ2v) is 7.36. The minimum absolute atomic E-state index is 0.104. The van der Waals surface area contributed by atoms with E-state index in [2.05, 4.69) is 62.3 Å². The fourth-order valence-corrected chi connectivity index (χ4v) is 2.21. The molecule has 92 valence electrons. The van der Waals surface area contributed by atoms with Crippen molar-refractivity contribution in [3.63, 3.8) is 0 Å². The first-order chi connectivity index (χ1) is 6.31. The molecule has 0 heterocycles. The van der Waals surface area contributed by atoms with E-state index in [-0.39, 0.29) is 21.8 Å². The molecule has 0 aliphatic rings. The third-order valence-electron chi connectivity index (χ3n) is 4.91. The Hall–Kier alpha value is -0.0400. The maximum absolute atomic E-state index is 5.89. The first-order valence-electron chi connectivity index (χ1n) is 5.86. The molecule has 0 saturated carbocycles. The van der Waals surface area contributed by atoms with E-state index in [4.69, 9.17) is 4.74 Å². The molecular formula is C14H30O. The highest BCUT2D eigenvalue weighted by Crippen LogP contribution is 2.54. The molecule has 1 nitrogen and oxygen atoms in total. The van der Waals surface area contributed by atoms with Crippen molar-refractivity contribution in [3.8, 4) is 0 Å². The van der Waals surface area contributed by atoms with Crippen molar-refractivity contribution in [2.24, 2.45) is 16.2 Å². The van der Waals surface area contributed by atoms with Crippen LogP contribution in [0, 0.1) is 16.2 Å². The number of hydrogen-bond acceptors (Lipinski definition) is 1. The van der Waals surface area contributed by atoms with Crippen LogP contribution in [0.2, 0.25) is 0 Å². The Morgan fingerprint density at radius 1 is 0.600 bits per heavy atom. The molecule has 0 amide bonds. The first-order valence-corrected chi connectivity index (χ1v) is 5.86. The van der Waals surface area contributed by atoms with E-state index in [1.165, 1.54) is 0 Å². The summed E-state index contributed by atoms with van der Waals surface area (Å²) in [5, 5.41) is 0. The van der Waals surface area contributed by atoms with Crippen LogP contribution in [0.15, 0.2) is 0 Å². The van der Waals surface area contributed by atoms with E-state index in [1.807, 2.05) is 7.11 Å². The molecule has 0 aliphatic carbocycles. The topological polar surface area (TPSA) is 9.23 Å². The predicted octanol–water partition coefficient (Wildman–Crippen LogP) is 4.51. The van der Waals surface area contributed by atoms with Gasteiger partial charge in [0.2, 0.25) is 0 Å². The third kappa shape index (κ3) is 2.22. The minimum atomic E-state index is -0.141. The maximum Gasteiger partial charge on any atom is 0.0754 e. The van der Waals surface area contributed by atoms with Crippen LogP contribution >= 0.6 is 0 Å². The Morgan fingerprint density at radius 3 is 1.00 bits per heavy atom. The van der Waals surface area contributed by atoms with Gasteiger partial charge < -0.3 is 4.74 Å². The predicted molar refractivity (Wildman–Crippen MR) is 68.1 cm³/mol. The van der Waals surface area contributed by atoms with Crippen molar-refractivity contribution in [2.75, 3.05) is 7.11 Å². The van der Waals surface area contributed by atoms with Crippen LogP contribution in [-0.2, 0) is 4.74 Å². The van der Waals surface area contributed by atoms with Crippen molar-refractivity contribution < 1.29 is 4.74 Å². The maximum atomic E-state index is 5.89. The van der Waals surface area contributed by atoms with E-state index < -0.39 is 0 Å². The summed E-state index contributed by atoms with van der Waals surface area (Å²) in [5.41, 5.74) is 0.300. The van der Waals surface area contributed by atoms with Crippen molar-refractivity contribution in [1.29, 1.82) is 0 Å². The van der Waals surface area contributed by atoms with Crippen LogP contribution < -0.4 is 0 Å². The van der Waals surface area contributed by atoms with E-state index in [1.54, 1.807) is 0 Å². The number of methoxy groups -OCH3 is 1. The van der Waals surface area contributed by atoms with Crippen LogP contribution in [0.25, 0.3) is 0 Å². The molecular weight excluding hydrogens is 184 g/mol. The molecule has 0 N–H and O–H groups in total. The van der Waals surface area contributed by atoms with Gasteiger partial charge in [-0.3, -0.25) is 0 Å². The second-order valence-electron chi connectivity index (χ2n) is 7.36. The van der Waals surface area contributed by atoms with Crippen LogP contribution in [0.5, 0.6) is 0 Å². The molecule has 0 aromatic heterocycles. The zero-order chi connectivity index (χ0) is 12.7. The number of rotatable bonds is 2. The molecule has 0 aromatic rings. The highest BCUT2D eigenvalue weighted by molar-refractivity contribution is 5.04. The number of ether oxygens (including phenoxy) is 1. The molecule has 0 radical (unpaired) electrons. The normalized spacial score (nSPS) is 18.8. The molecule has 0 spiro atoms. The molecule has 1 atom stereocenters. The van der Waals surface area contributed by atoms with Gasteiger partial charge in [-0.25, -0.2) is 0 Å².